The van der Waals surface area contributed by atoms with E-state index < -0.39 is 5.97 Å². The molecule has 2 heterocycles. The first-order valence-corrected chi connectivity index (χ1v) is 7.97. The van der Waals surface area contributed by atoms with Gasteiger partial charge in [-0.15, -0.1) is 0 Å². The van der Waals surface area contributed by atoms with Gasteiger partial charge in [-0.25, -0.2) is 9.78 Å². The number of carbonyl (C=O) groups is 2. The summed E-state index contributed by atoms with van der Waals surface area (Å²) in [5, 5.41) is 0. The van der Waals surface area contributed by atoms with Crippen LogP contribution >= 0.6 is 0 Å². The van der Waals surface area contributed by atoms with Crippen molar-refractivity contribution in [3.05, 3.63) is 60.2 Å². The van der Waals surface area contributed by atoms with Crippen molar-refractivity contribution in [3.8, 4) is 11.1 Å². The van der Waals surface area contributed by atoms with Crippen molar-refractivity contribution in [2.45, 2.75) is 6.92 Å². The normalized spacial score (nSPS) is 10.7. The smallest absolute Gasteiger partial charge is 0.359 e. The number of pyridine rings is 1. The number of benzene rings is 1. The van der Waals surface area contributed by atoms with Crippen LogP contribution in [0.3, 0.4) is 0 Å². The van der Waals surface area contributed by atoms with Crippen molar-refractivity contribution in [3.63, 3.8) is 0 Å². The predicted octanol–water partition coefficient (Wildman–Crippen LogP) is 2.88. The van der Waals surface area contributed by atoms with Gasteiger partial charge in [-0.1, -0.05) is 12.1 Å². The van der Waals surface area contributed by atoms with Gasteiger partial charge in [0.15, 0.2) is 5.69 Å². The molecular formula is C19H19N3O3. The van der Waals surface area contributed by atoms with E-state index in [4.69, 9.17) is 4.74 Å². The summed E-state index contributed by atoms with van der Waals surface area (Å²) in [7, 11) is 3.45. The van der Waals surface area contributed by atoms with E-state index in [1.807, 2.05) is 30.5 Å². The highest BCUT2D eigenvalue weighted by Gasteiger charge is 2.15. The SMILES string of the molecule is CCOC(=O)c1ncn2ccc(-c3ccc(C(=O)N(C)C)cc3)cc12. The molecule has 6 nitrogen and oxygen atoms in total. The van der Waals surface area contributed by atoms with Gasteiger partial charge in [0, 0.05) is 25.9 Å². The topological polar surface area (TPSA) is 63.9 Å². The standard InChI is InChI=1S/C19H19N3O3/c1-4-25-19(24)17-16-11-15(9-10-22(16)12-20-17)13-5-7-14(8-6-13)18(23)21(2)3/h5-12H,4H2,1-3H3. The zero-order valence-electron chi connectivity index (χ0n) is 14.4. The lowest BCUT2D eigenvalue weighted by Crippen LogP contribution is -2.21. The van der Waals surface area contributed by atoms with Crippen molar-refractivity contribution < 1.29 is 14.3 Å². The second kappa shape index (κ2) is 6.76. The summed E-state index contributed by atoms with van der Waals surface area (Å²) in [5.74, 6) is -0.475. The third kappa shape index (κ3) is 3.24. The van der Waals surface area contributed by atoms with Gasteiger partial charge in [-0.05, 0) is 42.3 Å². The van der Waals surface area contributed by atoms with Crippen molar-refractivity contribution in [2.75, 3.05) is 20.7 Å². The summed E-state index contributed by atoms with van der Waals surface area (Å²) in [6.07, 6.45) is 3.43. The summed E-state index contributed by atoms with van der Waals surface area (Å²) >= 11 is 0. The van der Waals surface area contributed by atoms with E-state index in [1.54, 1.807) is 48.8 Å². The molecule has 6 heteroatoms. The Bertz CT molecular complexity index is 927. The van der Waals surface area contributed by atoms with E-state index in [9.17, 15) is 9.59 Å². The first kappa shape index (κ1) is 16.7. The highest BCUT2D eigenvalue weighted by Crippen LogP contribution is 2.23. The number of rotatable bonds is 4. The zero-order chi connectivity index (χ0) is 18.0. The number of esters is 1. The van der Waals surface area contributed by atoms with E-state index in [1.165, 1.54) is 0 Å². The lowest BCUT2D eigenvalue weighted by atomic mass is 10.0. The maximum atomic E-state index is 12.0. The van der Waals surface area contributed by atoms with Crippen molar-refractivity contribution >= 4 is 17.4 Å². The number of hydrogen-bond donors (Lipinski definition) is 0. The van der Waals surface area contributed by atoms with Gasteiger partial charge in [-0.3, -0.25) is 4.79 Å². The number of aromatic nitrogens is 2. The van der Waals surface area contributed by atoms with Crippen LogP contribution in [0.2, 0.25) is 0 Å². The molecule has 0 radical (unpaired) electrons. The fraction of sp³-hybridized carbons (Fsp3) is 0.211. The molecule has 128 valence electrons. The largest absolute Gasteiger partial charge is 0.461 e. The minimum absolute atomic E-state index is 0.0395. The van der Waals surface area contributed by atoms with Gasteiger partial charge in [0.25, 0.3) is 5.91 Å². The van der Waals surface area contributed by atoms with Crippen LogP contribution in [0.5, 0.6) is 0 Å². The van der Waals surface area contributed by atoms with Gasteiger partial charge in [0.1, 0.15) is 6.33 Å². The molecule has 3 rings (SSSR count). The number of fused-ring (bicyclic) bond motifs is 1. The van der Waals surface area contributed by atoms with Crippen molar-refractivity contribution in [1.82, 2.24) is 14.3 Å². The van der Waals surface area contributed by atoms with E-state index in [2.05, 4.69) is 4.98 Å². The molecule has 0 aliphatic carbocycles. The average Bonchev–Trinajstić information content (AvgIpc) is 3.04. The minimum Gasteiger partial charge on any atom is -0.461 e. The summed E-state index contributed by atoms with van der Waals surface area (Å²) in [6.45, 7) is 2.07. The van der Waals surface area contributed by atoms with Gasteiger partial charge in [0.05, 0.1) is 12.1 Å². The monoisotopic (exact) mass is 337 g/mol. The molecule has 0 spiro atoms. The Labute approximate surface area is 145 Å². The summed E-state index contributed by atoms with van der Waals surface area (Å²) in [6, 6.07) is 11.2. The van der Waals surface area contributed by atoms with E-state index >= 15 is 0 Å². The van der Waals surface area contributed by atoms with E-state index in [0.29, 0.717) is 23.4 Å². The first-order chi connectivity index (χ1) is 12.0. The van der Waals surface area contributed by atoms with Crippen LogP contribution < -0.4 is 0 Å². The molecule has 0 aliphatic rings. The predicted molar refractivity (Wildman–Crippen MR) is 94.6 cm³/mol. The van der Waals surface area contributed by atoms with Crippen LogP contribution in [0.1, 0.15) is 27.8 Å². The molecule has 0 saturated carbocycles. The Balaban J connectivity index is 1.97. The molecule has 1 aromatic carbocycles. The molecule has 0 N–H and O–H groups in total. The molecule has 1 amide bonds. The van der Waals surface area contributed by atoms with Gasteiger partial charge in [0.2, 0.25) is 0 Å². The molecule has 0 saturated heterocycles. The van der Waals surface area contributed by atoms with E-state index in [-0.39, 0.29) is 5.91 Å². The second-order valence-electron chi connectivity index (χ2n) is 5.80. The number of ether oxygens (including phenoxy) is 1. The molecule has 25 heavy (non-hydrogen) atoms. The quantitative estimate of drug-likeness (QED) is 0.687. The minimum atomic E-state index is -0.436. The Morgan fingerprint density at radius 1 is 1.12 bits per heavy atom. The fourth-order valence-corrected chi connectivity index (χ4v) is 2.59. The molecule has 0 aliphatic heterocycles. The summed E-state index contributed by atoms with van der Waals surface area (Å²) in [5.41, 5.74) is 3.50. The Hall–Kier alpha value is -3.15. The maximum Gasteiger partial charge on any atom is 0.359 e. The number of imidazole rings is 1. The Morgan fingerprint density at radius 3 is 2.48 bits per heavy atom. The molecular weight excluding hydrogens is 318 g/mol. The lowest BCUT2D eigenvalue weighted by molar-refractivity contribution is 0.0522. The highest BCUT2D eigenvalue weighted by atomic mass is 16.5. The van der Waals surface area contributed by atoms with Crippen molar-refractivity contribution in [1.29, 1.82) is 0 Å². The maximum absolute atomic E-state index is 12.0. The van der Waals surface area contributed by atoms with Crippen LogP contribution in [0.15, 0.2) is 48.9 Å². The zero-order valence-corrected chi connectivity index (χ0v) is 14.4. The van der Waals surface area contributed by atoms with Crippen LogP contribution in [0, 0.1) is 0 Å². The molecule has 0 unspecified atom stereocenters. The molecule has 0 bridgehead atoms. The summed E-state index contributed by atoms with van der Waals surface area (Å²) < 4.78 is 6.82. The highest BCUT2D eigenvalue weighted by molar-refractivity contribution is 5.96. The van der Waals surface area contributed by atoms with E-state index in [0.717, 1.165) is 11.1 Å². The fourth-order valence-electron chi connectivity index (χ4n) is 2.59. The van der Waals surface area contributed by atoms with Crippen LogP contribution in [0.4, 0.5) is 0 Å². The van der Waals surface area contributed by atoms with Gasteiger partial charge >= 0.3 is 5.97 Å². The van der Waals surface area contributed by atoms with Gasteiger partial charge < -0.3 is 14.0 Å². The Kier molecular flexibility index (Phi) is 4.52. The number of amides is 1. The first-order valence-electron chi connectivity index (χ1n) is 7.97. The number of carbonyl (C=O) groups excluding carboxylic acids is 2. The van der Waals surface area contributed by atoms with Crippen molar-refractivity contribution in [2.24, 2.45) is 0 Å². The lowest BCUT2D eigenvalue weighted by Gasteiger charge is -2.10. The molecule has 0 fully saturated rings. The number of nitrogens with zero attached hydrogens (tertiary/aromatic N) is 3. The van der Waals surface area contributed by atoms with Crippen LogP contribution in [-0.2, 0) is 4.74 Å². The molecule has 3 aromatic rings. The van der Waals surface area contributed by atoms with Gasteiger partial charge in [-0.2, -0.15) is 0 Å². The third-order valence-corrected chi connectivity index (χ3v) is 3.88. The Morgan fingerprint density at radius 2 is 1.84 bits per heavy atom. The average molecular weight is 337 g/mol. The molecule has 0 atom stereocenters. The summed E-state index contributed by atoms with van der Waals surface area (Å²) in [4.78, 5) is 29.7. The second-order valence-corrected chi connectivity index (χ2v) is 5.80. The van der Waals surface area contributed by atoms with Crippen LogP contribution in [-0.4, -0.2) is 46.9 Å². The molecule has 2 aromatic heterocycles. The third-order valence-electron chi connectivity index (χ3n) is 3.88. The van der Waals surface area contributed by atoms with Crippen LogP contribution in [0.25, 0.3) is 16.6 Å². The number of hydrogen-bond acceptors (Lipinski definition) is 4.